The van der Waals surface area contributed by atoms with Crippen molar-refractivity contribution < 1.29 is 63.2 Å². The molecular weight excluding hydrogens is 2140 g/mol. The summed E-state index contributed by atoms with van der Waals surface area (Å²) in [6.45, 7) is 30.9. The van der Waals surface area contributed by atoms with Gasteiger partial charge in [-0.05, 0) is 331 Å². The lowest BCUT2D eigenvalue weighted by molar-refractivity contribution is 0.0213. The third kappa shape index (κ3) is 40.5. The van der Waals surface area contributed by atoms with Gasteiger partial charge in [-0.15, -0.1) is 6.58 Å². The van der Waals surface area contributed by atoms with Crippen molar-refractivity contribution in [3.05, 3.63) is 272 Å². The first-order valence-electron chi connectivity index (χ1n) is 38.4. The predicted octanol–water partition coefficient (Wildman–Crippen LogP) is 25.6. The van der Waals surface area contributed by atoms with Crippen LogP contribution in [-0.4, -0.2) is 122 Å². The number of nitrogens with one attached hydrogen (secondary N) is 2. The highest BCUT2D eigenvalue weighted by Crippen LogP contribution is 2.35. The standard InChI is InChI=1S/C16H21NO3.C14H18BrNO3.C10H12BrNO.C9H10BrNO.C9H12BrNO.C9H8BrNO.C8H8Br2O.C8H9BrO.C7H7BrO.C3H6.CH4/c1-5-11-8-13(18)9-12-6-7-17(10-14(11)12)15(19)20-16(2,3)4;1-14(2,3)19-13(18)16-5-4-9-6-10(17)7-12(15)11(9)8-16;1-13-8-4-7-2-3-12-6-9(7)10(11)5-8;10-9-4-7(12)3-6-1-2-11-5-8(6)9;2*1-12-9-5-7(2-3-11)4-8(10)6-9;1-11-8-3-6(5-9)2-7(10)4-8;1-6-3-7(9)5-8(4-6)10-2;1-5-2-6(8)4-7(9)3-5;1-3-2;/h5,8-9,18H,1,6-7,10H2,2-4H3;6-7,17H,4-5,8H2,1-3H3;4-5,12H,2-3,6H2,1H3;3-4,11-12H,1-2,5H2;4-6H,2-3,11H2,1H3;4-6H,2H2,1H3;2-4H,5H2,1H3;3-5H,1-2H3;2-4,9H,1H3;3H,1H2,2H3;1H4. The number of hydrogen-bond donors (Lipinski definition) is 7. The fraction of sp³-hybridized carbons (Fsp3) is 0.351. The highest BCUT2D eigenvalue weighted by atomic mass is 79.9. The van der Waals surface area contributed by atoms with E-state index in [-0.39, 0.29) is 31.1 Å². The monoisotopic (exact) mass is 2250 g/mol. The molecule has 2 amide bonds. The van der Waals surface area contributed by atoms with Gasteiger partial charge >= 0.3 is 12.2 Å². The van der Waals surface area contributed by atoms with Crippen LogP contribution in [0.2, 0.25) is 0 Å². The number of rotatable bonds is 10. The number of aryl methyl sites for hydroxylation is 2. The van der Waals surface area contributed by atoms with Crippen molar-refractivity contribution in [2.45, 2.75) is 151 Å². The number of ether oxygens (including phenoxy) is 7. The number of carbonyl (C=O) groups excluding carboxylic acids is 2. The number of methoxy groups -OCH3 is 5. The average molecular weight is 2260 g/mol. The molecule has 13 rings (SSSR count). The molecule has 0 atom stereocenters. The molecule has 4 aliphatic rings. The molecular formula is C94H115Br9N6O13. The molecule has 4 heterocycles. The maximum Gasteiger partial charge on any atom is 0.410 e. The molecule has 0 radical (unpaired) electrons. The Kier molecular flexibility index (Phi) is 50.1. The largest absolute Gasteiger partial charge is 0.508 e. The number of phenols is 4. The van der Waals surface area contributed by atoms with Gasteiger partial charge in [-0.1, -0.05) is 170 Å². The van der Waals surface area contributed by atoms with E-state index in [2.05, 4.69) is 191 Å². The van der Waals surface area contributed by atoms with E-state index in [4.69, 9.17) is 49.3 Å². The van der Waals surface area contributed by atoms with Crippen molar-refractivity contribution in [2.24, 2.45) is 5.73 Å². The van der Waals surface area contributed by atoms with Gasteiger partial charge in [0.15, 0.2) is 0 Å². The van der Waals surface area contributed by atoms with Gasteiger partial charge < -0.3 is 79.8 Å². The number of alkyl halides is 1. The van der Waals surface area contributed by atoms with E-state index in [0.29, 0.717) is 57.1 Å². The van der Waals surface area contributed by atoms with Crippen LogP contribution in [0.3, 0.4) is 0 Å². The maximum absolute atomic E-state index is 12.1. The number of nitriles is 1. The normalized spacial score (nSPS) is 12.3. The maximum atomic E-state index is 12.1. The zero-order valence-electron chi connectivity index (χ0n) is 70.9. The van der Waals surface area contributed by atoms with Crippen molar-refractivity contribution in [1.29, 1.82) is 5.26 Å². The summed E-state index contributed by atoms with van der Waals surface area (Å²) in [5, 5.41) is 53.5. The Labute approximate surface area is 798 Å². The molecule has 0 spiro atoms. The van der Waals surface area contributed by atoms with Crippen LogP contribution in [0, 0.1) is 25.2 Å². The van der Waals surface area contributed by atoms with Crippen LogP contribution in [0.15, 0.2) is 195 Å². The average Bonchev–Trinajstić information content (AvgIpc) is 0.811. The smallest absolute Gasteiger partial charge is 0.410 e. The highest BCUT2D eigenvalue weighted by Gasteiger charge is 2.29. The molecule has 0 aliphatic carbocycles. The van der Waals surface area contributed by atoms with Gasteiger partial charge in [-0.3, -0.25) is 0 Å². The Morgan fingerprint density at radius 1 is 0.475 bits per heavy atom. The van der Waals surface area contributed by atoms with Crippen LogP contribution in [0.5, 0.6) is 51.7 Å². The summed E-state index contributed by atoms with van der Waals surface area (Å²) in [5.41, 5.74) is 20.5. The van der Waals surface area contributed by atoms with E-state index in [1.165, 1.54) is 38.9 Å². The lowest BCUT2D eigenvalue weighted by atomic mass is 9.94. The minimum absolute atomic E-state index is 0. The van der Waals surface area contributed by atoms with Crippen LogP contribution in [-0.2, 0) is 79.5 Å². The van der Waals surface area contributed by atoms with Crippen molar-refractivity contribution >= 4 is 162 Å². The Morgan fingerprint density at radius 3 is 1.25 bits per heavy atom. The molecule has 4 aliphatic heterocycles. The molecule has 0 fully saturated rings. The summed E-state index contributed by atoms with van der Waals surface area (Å²) in [4.78, 5) is 27.5. The van der Waals surface area contributed by atoms with Crippen molar-refractivity contribution in [3.8, 4) is 57.8 Å². The zero-order valence-corrected chi connectivity index (χ0v) is 85.2. The second-order valence-electron chi connectivity index (χ2n) is 29.5. The Morgan fingerprint density at radius 2 is 0.828 bits per heavy atom. The van der Waals surface area contributed by atoms with Crippen LogP contribution in [0.4, 0.5) is 9.59 Å². The van der Waals surface area contributed by atoms with Crippen LogP contribution < -0.4 is 40.1 Å². The molecule has 122 heavy (non-hydrogen) atoms. The number of allylic oxidation sites excluding steroid dienone is 1. The molecule has 28 heteroatoms. The summed E-state index contributed by atoms with van der Waals surface area (Å²) in [6.07, 6.45) is 7.69. The topological polar surface area (TPSA) is 260 Å². The lowest BCUT2D eigenvalue weighted by Gasteiger charge is -2.32. The third-order valence-electron chi connectivity index (χ3n) is 17.3. The number of aromatic hydroxyl groups is 4. The number of nitrogens with two attached hydrogens (primary N) is 1. The number of hydrogen-bond acceptors (Lipinski definition) is 17. The summed E-state index contributed by atoms with van der Waals surface area (Å²) in [5.74, 6) is 5.50. The molecule has 0 bridgehead atoms. The number of fused-ring (bicyclic) bond motifs is 4. The van der Waals surface area contributed by atoms with Gasteiger partial charge in [-0.2, -0.15) is 5.26 Å². The van der Waals surface area contributed by atoms with Crippen molar-refractivity contribution in [3.63, 3.8) is 0 Å². The van der Waals surface area contributed by atoms with E-state index in [0.717, 1.165) is 161 Å². The molecule has 9 aromatic carbocycles. The Balaban J connectivity index is 0.000000356. The minimum atomic E-state index is -0.492. The van der Waals surface area contributed by atoms with Crippen LogP contribution >= 0.6 is 143 Å². The van der Waals surface area contributed by atoms with Crippen LogP contribution in [0.25, 0.3) is 6.08 Å². The summed E-state index contributed by atoms with van der Waals surface area (Å²) in [7, 11) is 8.31. The lowest BCUT2D eigenvalue weighted by Crippen LogP contribution is -2.40. The molecule has 0 aromatic heterocycles. The zero-order chi connectivity index (χ0) is 90.3. The van der Waals surface area contributed by atoms with Crippen molar-refractivity contribution in [1.82, 2.24) is 20.4 Å². The molecule has 9 aromatic rings. The summed E-state index contributed by atoms with van der Waals surface area (Å²) < 4.78 is 44.3. The Hall–Kier alpha value is -7.11. The second kappa shape index (κ2) is 56.1. The molecule has 8 N–H and O–H groups in total. The van der Waals surface area contributed by atoms with Gasteiger partial charge in [0.2, 0.25) is 0 Å². The van der Waals surface area contributed by atoms with E-state index in [1.54, 1.807) is 100.0 Å². The summed E-state index contributed by atoms with van der Waals surface area (Å²) >= 11 is 30.6. The van der Waals surface area contributed by atoms with Crippen LogP contribution in [0.1, 0.15) is 134 Å². The van der Waals surface area contributed by atoms with Gasteiger partial charge in [0, 0.05) is 73.8 Å². The van der Waals surface area contributed by atoms with E-state index >= 15 is 0 Å². The predicted molar refractivity (Wildman–Crippen MR) is 527 cm³/mol. The quantitative estimate of drug-likeness (QED) is 0.0496. The van der Waals surface area contributed by atoms with E-state index in [9.17, 15) is 24.9 Å². The first-order chi connectivity index (χ1) is 57.2. The molecule has 662 valence electrons. The number of halogens is 9. The molecule has 0 saturated heterocycles. The molecule has 0 unspecified atom stereocenters. The minimum Gasteiger partial charge on any atom is -0.508 e. The van der Waals surface area contributed by atoms with Gasteiger partial charge in [-0.25, -0.2) is 9.59 Å². The van der Waals surface area contributed by atoms with Crippen molar-refractivity contribution in [2.75, 3.05) is 68.3 Å². The van der Waals surface area contributed by atoms with E-state index in [1.807, 2.05) is 141 Å². The van der Waals surface area contributed by atoms with Gasteiger partial charge in [0.05, 0.1) is 54.6 Å². The number of carbonyl (C=O) groups is 2. The molecule has 0 saturated carbocycles. The summed E-state index contributed by atoms with van der Waals surface area (Å²) in [6, 6.07) is 45.5. The fourth-order valence-electron chi connectivity index (χ4n) is 11.9. The first-order valence-corrected chi connectivity index (χ1v) is 45.9. The highest BCUT2D eigenvalue weighted by molar-refractivity contribution is 9.11. The third-order valence-corrected chi connectivity index (χ3v) is 22.4. The SMILES string of the molecule is C.C=CC.C=Cc1cc(O)cc2c1CN(C(=O)OC(C)(C)C)CC2.CC(C)(C)OC(=O)N1CCc2cc(O)cc(Br)c2C1.COc1cc(Br)c2c(c1)CCNC2.COc1cc(Br)cc(CBr)c1.COc1cc(Br)cc(CC#N)c1.COc1cc(Br)cc(CCN)c1.COc1cc(C)cc(Br)c1.Cc1cc(O)cc(Br)c1.Oc1cc(Br)c2c(c1)CCNC2. The fourth-order valence-corrected chi connectivity index (χ4v) is 16.9. The Bertz CT molecular complexity index is 4810. The molecule has 19 nitrogen and oxygen atoms in total. The van der Waals surface area contributed by atoms with Gasteiger partial charge in [0.25, 0.3) is 0 Å². The number of phenolic OH excluding ortho intramolecular Hbond substituents is 4. The first kappa shape index (κ1) is 109. The second-order valence-corrected chi connectivity index (χ2v) is 37.2. The number of benzene rings is 9. The number of nitrogens with zero attached hydrogens (tertiary/aromatic N) is 3. The van der Waals surface area contributed by atoms with E-state index < -0.39 is 11.2 Å². The van der Waals surface area contributed by atoms with Gasteiger partial charge in [0.1, 0.15) is 62.9 Å². The number of amides is 2.